The van der Waals surface area contributed by atoms with Crippen molar-refractivity contribution in [3.63, 3.8) is 0 Å². The first-order valence-corrected chi connectivity index (χ1v) is 6.04. The Bertz CT molecular complexity index is 497. The summed E-state index contributed by atoms with van der Waals surface area (Å²) in [5, 5.41) is 7.07. The second kappa shape index (κ2) is 5.11. The number of halogens is 3. The van der Waals surface area contributed by atoms with Crippen molar-refractivity contribution < 1.29 is 18.0 Å². The Morgan fingerprint density at radius 1 is 1.42 bits per heavy atom. The first-order valence-electron chi connectivity index (χ1n) is 6.04. The Balaban J connectivity index is 2.47. The van der Waals surface area contributed by atoms with Gasteiger partial charge in [-0.25, -0.2) is 0 Å². The molecule has 0 saturated carbocycles. The lowest BCUT2D eigenvalue weighted by atomic mass is 9.93. The summed E-state index contributed by atoms with van der Waals surface area (Å²) in [6, 6.07) is 3.81. The molecule has 0 aromatic heterocycles. The van der Waals surface area contributed by atoms with Gasteiger partial charge in [0.25, 0.3) is 0 Å². The molecule has 0 saturated heterocycles. The second-order valence-corrected chi connectivity index (χ2v) is 4.43. The van der Waals surface area contributed by atoms with E-state index in [0.717, 1.165) is 18.6 Å². The minimum absolute atomic E-state index is 0.165. The Hall–Kier alpha value is -1.72. The van der Waals surface area contributed by atoms with Gasteiger partial charge in [-0.2, -0.15) is 13.2 Å². The van der Waals surface area contributed by atoms with E-state index in [4.69, 9.17) is 4.84 Å². The van der Waals surface area contributed by atoms with Gasteiger partial charge in [0, 0.05) is 23.7 Å². The van der Waals surface area contributed by atoms with Crippen LogP contribution in [0.4, 0.5) is 18.9 Å². The smallest absolute Gasteiger partial charge is 0.399 e. The molecule has 0 bridgehead atoms. The third-order valence-corrected chi connectivity index (χ3v) is 3.15. The van der Waals surface area contributed by atoms with E-state index in [-0.39, 0.29) is 6.04 Å². The van der Waals surface area contributed by atoms with Crippen molar-refractivity contribution in [3.8, 4) is 0 Å². The van der Waals surface area contributed by atoms with Crippen molar-refractivity contribution in [1.82, 2.24) is 0 Å². The van der Waals surface area contributed by atoms with E-state index in [1.54, 1.807) is 0 Å². The van der Waals surface area contributed by atoms with Gasteiger partial charge in [-0.05, 0) is 24.6 Å². The number of benzene rings is 1. The number of nitrogens with one attached hydrogen (secondary N) is 1. The minimum Gasteiger partial charge on any atom is -0.399 e. The van der Waals surface area contributed by atoms with Gasteiger partial charge in [-0.1, -0.05) is 12.1 Å². The summed E-state index contributed by atoms with van der Waals surface area (Å²) < 4.78 is 38.2. The average molecular weight is 272 g/mol. The molecular weight excluding hydrogens is 257 g/mol. The molecule has 1 unspecified atom stereocenters. The topological polar surface area (TPSA) is 33.6 Å². The maximum absolute atomic E-state index is 12.7. The molecule has 2 rings (SSSR count). The molecule has 0 fully saturated rings. The fraction of sp³-hybridized carbons (Fsp3) is 0.462. The van der Waals surface area contributed by atoms with Crippen LogP contribution in [0.5, 0.6) is 0 Å². The highest BCUT2D eigenvalue weighted by Gasteiger charge is 2.33. The first kappa shape index (κ1) is 13.7. The molecule has 1 aromatic carbocycles. The zero-order valence-electron chi connectivity index (χ0n) is 10.7. The lowest BCUT2D eigenvalue weighted by Gasteiger charge is -2.27. The molecule has 19 heavy (non-hydrogen) atoms. The van der Waals surface area contributed by atoms with Gasteiger partial charge in [0.15, 0.2) is 0 Å². The van der Waals surface area contributed by atoms with Crippen molar-refractivity contribution in [1.29, 1.82) is 0 Å². The van der Waals surface area contributed by atoms with E-state index in [0.29, 0.717) is 23.4 Å². The Labute approximate surface area is 109 Å². The molecule has 3 nitrogen and oxygen atoms in total. The quantitative estimate of drug-likeness (QED) is 0.834. The number of alkyl halides is 3. The highest BCUT2D eigenvalue weighted by Crippen LogP contribution is 2.34. The van der Waals surface area contributed by atoms with Crippen molar-refractivity contribution >= 4 is 11.4 Å². The summed E-state index contributed by atoms with van der Waals surface area (Å²) in [6.45, 7) is 2.01. The standard InChI is InChI=1S/C13H15F3N2O/c1-3-9-7-12(18-19-2)10-6-8(13(14,15)16)4-5-11(10)17-9/h4-6,9,17H,3,7H2,1-2H3. The molecule has 1 atom stereocenters. The summed E-state index contributed by atoms with van der Waals surface area (Å²) in [4.78, 5) is 4.74. The molecule has 0 radical (unpaired) electrons. The maximum atomic E-state index is 12.7. The van der Waals surface area contributed by atoms with Crippen molar-refractivity contribution in [3.05, 3.63) is 29.3 Å². The van der Waals surface area contributed by atoms with Crippen LogP contribution in [0.25, 0.3) is 0 Å². The molecule has 6 heteroatoms. The normalized spacial score (nSPS) is 20.9. The van der Waals surface area contributed by atoms with Gasteiger partial charge in [-0.15, -0.1) is 0 Å². The minimum atomic E-state index is -4.35. The number of anilines is 1. The van der Waals surface area contributed by atoms with E-state index >= 15 is 0 Å². The molecule has 1 aliphatic rings. The third-order valence-electron chi connectivity index (χ3n) is 3.15. The average Bonchev–Trinajstić information content (AvgIpc) is 2.37. The number of fused-ring (bicyclic) bond motifs is 1. The Morgan fingerprint density at radius 2 is 2.16 bits per heavy atom. The predicted molar refractivity (Wildman–Crippen MR) is 67.3 cm³/mol. The molecule has 0 spiro atoms. The summed E-state index contributed by atoms with van der Waals surface area (Å²) in [7, 11) is 1.39. The van der Waals surface area contributed by atoms with Gasteiger partial charge in [0.05, 0.1) is 11.3 Å². The van der Waals surface area contributed by atoms with Crippen LogP contribution in [-0.4, -0.2) is 18.9 Å². The largest absolute Gasteiger partial charge is 0.416 e. The predicted octanol–water partition coefficient (Wildman–Crippen LogP) is 3.65. The van der Waals surface area contributed by atoms with Crippen LogP contribution < -0.4 is 5.32 Å². The number of hydrogen-bond donors (Lipinski definition) is 1. The zero-order chi connectivity index (χ0) is 14.0. The number of nitrogens with zero attached hydrogens (tertiary/aromatic N) is 1. The number of oxime groups is 1. The Kier molecular flexibility index (Phi) is 3.68. The first-order chi connectivity index (χ1) is 8.95. The van der Waals surface area contributed by atoms with Crippen LogP contribution in [0.3, 0.4) is 0 Å². The molecule has 104 valence electrons. The van der Waals surface area contributed by atoms with E-state index in [1.165, 1.54) is 13.2 Å². The summed E-state index contributed by atoms with van der Waals surface area (Å²) in [6.07, 6.45) is -2.93. The summed E-state index contributed by atoms with van der Waals surface area (Å²) >= 11 is 0. The molecule has 1 aromatic rings. The zero-order valence-corrected chi connectivity index (χ0v) is 10.7. The number of hydrogen-bond acceptors (Lipinski definition) is 3. The van der Waals surface area contributed by atoms with Crippen molar-refractivity contribution in [2.75, 3.05) is 12.4 Å². The molecule has 1 heterocycles. The van der Waals surface area contributed by atoms with Crippen molar-refractivity contribution in [2.45, 2.75) is 32.0 Å². The van der Waals surface area contributed by atoms with Gasteiger partial charge < -0.3 is 10.2 Å². The van der Waals surface area contributed by atoms with E-state index in [1.807, 2.05) is 6.92 Å². The van der Waals surface area contributed by atoms with Gasteiger partial charge in [0.2, 0.25) is 0 Å². The van der Waals surface area contributed by atoms with E-state index in [2.05, 4.69) is 10.5 Å². The maximum Gasteiger partial charge on any atom is 0.416 e. The SMILES string of the molecule is CCC1CC(=NOC)c2cc(C(F)(F)F)ccc2N1. The van der Waals surface area contributed by atoms with E-state index in [9.17, 15) is 13.2 Å². The summed E-state index contributed by atoms with van der Waals surface area (Å²) in [5.74, 6) is 0. The summed E-state index contributed by atoms with van der Waals surface area (Å²) in [5.41, 5.74) is 1.00. The van der Waals surface area contributed by atoms with Crippen molar-refractivity contribution in [2.24, 2.45) is 5.16 Å². The van der Waals surface area contributed by atoms with Crippen LogP contribution in [0.15, 0.2) is 23.4 Å². The van der Waals surface area contributed by atoms with Gasteiger partial charge in [0.1, 0.15) is 7.11 Å². The highest BCUT2D eigenvalue weighted by atomic mass is 19.4. The molecule has 0 aliphatic carbocycles. The molecular formula is C13H15F3N2O. The van der Waals surface area contributed by atoms with Crippen LogP contribution >= 0.6 is 0 Å². The van der Waals surface area contributed by atoms with Crippen LogP contribution in [-0.2, 0) is 11.0 Å². The number of rotatable bonds is 2. The molecule has 1 N–H and O–H groups in total. The Morgan fingerprint density at radius 3 is 2.74 bits per heavy atom. The van der Waals surface area contributed by atoms with Crippen LogP contribution in [0.2, 0.25) is 0 Å². The van der Waals surface area contributed by atoms with Crippen LogP contribution in [0.1, 0.15) is 30.9 Å². The van der Waals surface area contributed by atoms with Crippen LogP contribution in [0, 0.1) is 0 Å². The molecule has 1 aliphatic heterocycles. The molecule has 0 amide bonds. The van der Waals surface area contributed by atoms with Gasteiger partial charge in [-0.3, -0.25) is 0 Å². The second-order valence-electron chi connectivity index (χ2n) is 4.43. The monoisotopic (exact) mass is 272 g/mol. The fourth-order valence-electron chi connectivity index (χ4n) is 2.14. The third kappa shape index (κ3) is 2.83. The lowest BCUT2D eigenvalue weighted by Crippen LogP contribution is -2.29. The lowest BCUT2D eigenvalue weighted by molar-refractivity contribution is -0.137. The van der Waals surface area contributed by atoms with E-state index < -0.39 is 11.7 Å². The van der Waals surface area contributed by atoms with Gasteiger partial charge >= 0.3 is 6.18 Å². The fourth-order valence-corrected chi connectivity index (χ4v) is 2.14. The highest BCUT2D eigenvalue weighted by molar-refractivity contribution is 6.07.